The van der Waals surface area contributed by atoms with Crippen molar-refractivity contribution in [3.05, 3.63) is 54.6 Å². The SMILES string of the molecule is CC(F)CC(C#N)CC(Cl)COc1ccc(-c2ccccc2)cc1. The largest absolute Gasteiger partial charge is 0.492 e. The molecule has 0 radical (unpaired) electrons. The monoisotopic (exact) mass is 345 g/mol. The first-order valence-electron chi connectivity index (χ1n) is 8.04. The number of hydrogen-bond donors (Lipinski definition) is 0. The zero-order valence-electron chi connectivity index (χ0n) is 13.7. The van der Waals surface area contributed by atoms with E-state index in [1.807, 2.05) is 42.5 Å². The van der Waals surface area contributed by atoms with E-state index in [-0.39, 0.29) is 17.7 Å². The Kier molecular flexibility index (Phi) is 7.08. The summed E-state index contributed by atoms with van der Waals surface area (Å²) in [4.78, 5) is 0. The van der Waals surface area contributed by atoms with E-state index in [1.165, 1.54) is 6.92 Å². The molecule has 0 saturated heterocycles. The number of halogens is 2. The topological polar surface area (TPSA) is 33.0 Å². The van der Waals surface area contributed by atoms with Gasteiger partial charge in [0.2, 0.25) is 0 Å². The highest BCUT2D eigenvalue weighted by atomic mass is 35.5. The van der Waals surface area contributed by atoms with Crippen LogP contribution in [-0.4, -0.2) is 18.2 Å². The summed E-state index contributed by atoms with van der Waals surface area (Å²) in [5.41, 5.74) is 2.27. The summed E-state index contributed by atoms with van der Waals surface area (Å²) in [6.07, 6.45) is -0.357. The highest BCUT2D eigenvalue weighted by molar-refractivity contribution is 6.20. The average molecular weight is 346 g/mol. The molecule has 0 bridgehead atoms. The Morgan fingerprint density at radius 2 is 1.67 bits per heavy atom. The maximum atomic E-state index is 13.0. The quantitative estimate of drug-likeness (QED) is 0.582. The lowest BCUT2D eigenvalue weighted by atomic mass is 9.99. The van der Waals surface area contributed by atoms with E-state index in [4.69, 9.17) is 21.6 Å². The van der Waals surface area contributed by atoms with Gasteiger partial charge in [-0.2, -0.15) is 5.26 Å². The Balaban J connectivity index is 1.85. The molecule has 2 aromatic rings. The smallest absolute Gasteiger partial charge is 0.119 e. The summed E-state index contributed by atoms with van der Waals surface area (Å²) in [7, 11) is 0. The highest BCUT2D eigenvalue weighted by Crippen LogP contribution is 2.23. The van der Waals surface area contributed by atoms with Gasteiger partial charge in [0.05, 0.1) is 23.5 Å². The van der Waals surface area contributed by atoms with Crippen molar-refractivity contribution in [3.63, 3.8) is 0 Å². The van der Waals surface area contributed by atoms with Crippen LogP contribution in [-0.2, 0) is 0 Å². The molecular formula is C20H21ClFNO. The minimum absolute atomic E-state index is 0.214. The second-order valence-corrected chi connectivity index (χ2v) is 6.49. The van der Waals surface area contributed by atoms with Crippen LogP contribution in [0.25, 0.3) is 11.1 Å². The summed E-state index contributed by atoms with van der Waals surface area (Å²) in [5, 5.41) is 8.71. The van der Waals surface area contributed by atoms with Gasteiger partial charge < -0.3 is 4.74 Å². The van der Waals surface area contributed by atoms with Crippen LogP contribution in [0, 0.1) is 17.2 Å². The first kappa shape index (κ1) is 18.3. The molecule has 0 aliphatic carbocycles. The predicted octanol–water partition coefficient (Wildman–Crippen LogP) is 5.62. The maximum Gasteiger partial charge on any atom is 0.119 e. The number of benzene rings is 2. The lowest BCUT2D eigenvalue weighted by Gasteiger charge is -2.15. The van der Waals surface area contributed by atoms with Gasteiger partial charge >= 0.3 is 0 Å². The van der Waals surface area contributed by atoms with Crippen LogP contribution in [0.5, 0.6) is 5.75 Å². The zero-order valence-corrected chi connectivity index (χ0v) is 14.4. The molecule has 0 spiro atoms. The van der Waals surface area contributed by atoms with E-state index in [9.17, 15) is 4.39 Å². The second-order valence-electron chi connectivity index (χ2n) is 5.88. The van der Waals surface area contributed by atoms with Crippen molar-refractivity contribution >= 4 is 11.6 Å². The van der Waals surface area contributed by atoms with E-state index in [2.05, 4.69) is 18.2 Å². The molecular weight excluding hydrogens is 325 g/mol. The molecule has 0 aliphatic rings. The van der Waals surface area contributed by atoms with E-state index in [0.717, 1.165) is 16.9 Å². The minimum atomic E-state index is -0.995. The molecule has 2 aromatic carbocycles. The Labute approximate surface area is 147 Å². The molecule has 126 valence electrons. The third-order valence-electron chi connectivity index (χ3n) is 3.72. The summed E-state index contributed by atoms with van der Waals surface area (Å²) >= 11 is 6.22. The van der Waals surface area contributed by atoms with Crippen LogP contribution in [0.15, 0.2) is 54.6 Å². The number of ether oxygens (including phenoxy) is 1. The fourth-order valence-corrected chi connectivity index (χ4v) is 2.81. The number of hydrogen-bond acceptors (Lipinski definition) is 2. The van der Waals surface area contributed by atoms with Crippen LogP contribution < -0.4 is 4.74 Å². The molecule has 4 heteroatoms. The lowest BCUT2D eigenvalue weighted by Crippen LogP contribution is -2.17. The van der Waals surface area contributed by atoms with Crippen molar-refractivity contribution in [1.29, 1.82) is 5.26 Å². The Morgan fingerprint density at radius 1 is 1.04 bits per heavy atom. The van der Waals surface area contributed by atoms with Crippen molar-refractivity contribution in [2.45, 2.75) is 31.3 Å². The van der Waals surface area contributed by atoms with Gasteiger partial charge in [-0.25, -0.2) is 4.39 Å². The van der Waals surface area contributed by atoms with Crippen molar-refractivity contribution in [2.24, 2.45) is 5.92 Å². The molecule has 2 nitrogen and oxygen atoms in total. The maximum absolute atomic E-state index is 13.0. The second kappa shape index (κ2) is 9.30. The third kappa shape index (κ3) is 5.86. The summed E-state index contributed by atoms with van der Waals surface area (Å²) in [6.45, 7) is 1.75. The molecule has 24 heavy (non-hydrogen) atoms. The standard InChI is InChI=1S/C20H21ClFNO/c1-15(22)11-16(13-23)12-19(21)14-24-20-9-7-18(8-10-20)17-5-3-2-4-6-17/h2-10,15-16,19H,11-12,14H2,1H3. The number of alkyl halides is 2. The van der Waals surface area contributed by atoms with Crippen molar-refractivity contribution < 1.29 is 9.13 Å². The summed E-state index contributed by atoms with van der Waals surface area (Å²) in [5.74, 6) is 0.351. The van der Waals surface area contributed by atoms with Crippen LogP contribution in [0.1, 0.15) is 19.8 Å². The van der Waals surface area contributed by atoms with Crippen LogP contribution in [0.4, 0.5) is 4.39 Å². The van der Waals surface area contributed by atoms with E-state index < -0.39 is 6.17 Å². The lowest BCUT2D eigenvalue weighted by molar-refractivity contribution is 0.277. The highest BCUT2D eigenvalue weighted by Gasteiger charge is 2.17. The van der Waals surface area contributed by atoms with Gasteiger partial charge in [-0.05, 0) is 43.0 Å². The average Bonchev–Trinajstić information content (AvgIpc) is 2.60. The molecule has 0 fully saturated rings. The Bertz CT molecular complexity index is 652. The predicted molar refractivity (Wildman–Crippen MR) is 95.9 cm³/mol. The first-order chi connectivity index (χ1) is 11.6. The first-order valence-corrected chi connectivity index (χ1v) is 8.48. The number of nitriles is 1. The molecule has 0 heterocycles. The molecule has 0 saturated carbocycles. The van der Waals surface area contributed by atoms with Gasteiger partial charge in [-0.3, -0.25) is 0 Å². The van der Waals surface area contributed by atoms with Gasteiger partial charge in [0, 0.05) is 0 Å². The van der Waals surface area contributed by atoms with Gasteiger partial charge in [0.1, 0.15) is 12.4 Å². The van der Waals surface area contributed by atoms with Crippen LogP contribution in [0.2, 0.25) is 0 Å². The van der Waals surface area contributed by atoms with Gasteiger partial charge in [0.15, 0.2) is 0 Å². The van der Waals surface area contributed by atoms with Crippen LogP contribution >= 0.6 is 11.6 Å². The molecule has 0 amide bonds. The Hall–Kier alpha value is -2.05. The molecule has 0 aliphatic heterocycles. The van der Waals surface area contributed by atoms with E-state index in [0.29, 0.717) is 13.0 Å². The van der Waals surface area contributed by atoms with Crippen LogP contribution in [0.3, 0.4) is 0 Å². The molecule has 2 rings (SSSR count). The molecule has 3 unspecified atom stereocenters. The third-order valence-corrected chi connectivity index (χ3v) is 4.03. The van der Waals surface area contributed by atoms with Crippen molar-refractivity contribution in [3.8, 4) is 22.9 Å². The number of nitrogens with zero attached hydrogens (tertiary/aromatic N) is 1. The molecule has 3 atom stereocenters. The zero-order chi connectivity index (χ0) is 17.4. The summed E-state index contributed by atoms with van der Waals surface area (Å²) in [6, 6.07) is 20.0. The Morgan fingerprint density at radius 3 is 2.25 bits per heavy atom. The minimum Gasteiger partial charge on any atom is -0.492 e. The fraction of sp³-hybridized carbons (Fsp3) is 0.350. The molecule has 0 aromatic heterocycles. The van der Waals surface area contributed by atoms with Gasteiger partial charge in [-0.15, -0.1) is 11.6 Å². The van der Waals surface area contributed by atoms with E-state index >= 15 is 0 Å². The fourth-order valence-electron chi connectivity index (χ4n) is 2.53. The van der Waals surface area contributed by atoms with E-state index in [1.54, 1.807) is 0 Å². The molecule has 0 N–H and O–H groups in total. The van der Waals surface area contributed by atoms with Crippen molar-refractivity contribution in [1.82, 2.24) is 0 Å². The normalized spacial score (nSPS) is 14.4. The summed E-state index contributed by atoms with van der Waals surface area (Å²) < 4.78 is 18.7. The van der Waals surface area contributed by atoms with Gasteiger partial charge in [-0.1, -0.05) is 42.5 Å². The van der Waals surface area contributed by atoms with Crippen molar-refractivity contribution in [2.75, 3.05) is 6.61 Å². The number of rotatable bonds is 8. The van der Waals surface area contributed by atoms with Gasteiger partial charge in [0.25, 0.3) is 0 Å².